The predicted octanol–water partition coefficient (Wildman–Crippen LogP) is 9.16. The number of hydrogen-bond donors (Lipinski definition) is 0. The van der Waals surface area contributed by atoms with Crippen LogP contribution >= 0.6 is 23.5 Å². The fraction of sp³-hybridized carbons (Fsp3) is 0.633. The first-order chi connectivity index (χ1) is 17.6. The Morgan fingerprint density at radius 2 is 1.59 bits per heavy atom. The monoisotopic (exact) mass is 542 g/mol. The van der Waals surface area contributed by atoms with E-state index in [0.29, 0.717) is 22.5 Å². The summed E-state index contributed by atoms with van der Waals surface area (Å²) in [6.45, 7) is 15.5. The molecule has 0 N–H and O–H groups in total. The minimum Gasteiger partial charge on any atom is -0.492 e. The van der Waals surface area contributed by atoms with Gasteiger partial charge in [-0.15, -0.1) is 0 Å². The maximum absolute atomic E-state index is 13.2. The number of allylic oxidation sites excluding steroid dienone is 1. The Morgan fingerprint density at radius 1 is 0.973 bits per heavy atom. The van der Waals surface area contributed by atoms with Crippen LogP contribution in [0.1, 0.15) is 105 Å². The molecule has 0 aliphatic carbocycles. The van der Waals surface area contributed by atoms with E-state index < -0.39 is 0 Å². The molecule has 2 rings (SSSR count). The number of ether oxygens (including phenoxy) is 2. The molecule has 0 spiro atoms. The summed E-state index contributed by atoms with van der Waals surface area (Å²) in [7, 11) is 0. The Morgan fingerprint density at radius 3 is 2.14 bits per heavy atom. The highest BCUT2D eigenvalue weighted by Crippen LogP contribution is 2.61. The Kier molecular flexibility index (Phi) is 12.4. The third-order valence-electron chi connectivity index (χ3n) is 6.73. The third kappa shape index (κ3) is 8.20. The molecular weight excluding hydrogens is 500 g/mol. The average molecular weight is 543 g/mol. The van der Waals surface area contributed by atoms with Crippen molar-refractivity contribution in [1.82, 2.24) is 0 Å². The molecule has 37 heavy (non-hydrogen) atoms. The first-order valence-corrected chi connectivity index (χ1v) is 15.2. The topological polar surface area (TPSA) is 83.1 Å². The smallest absolute Gasteiger partial charge is 0.314 e. The normalized spacial score (nSPS) is 14.4. The second kappa shape index (κ2) is 14.7. The van der Waals surface area contributed by atoms with Crippen LogP contribution in [-0.4, -0.2) is 12.6 Å². The predicted molar refractivity (Wildman–Crippen MR) is 153 cm³/mol. The van der Waals surface area contributed by atoms with Crippen LogP contribution in [0, 0.1) is 34.5 Å². The van der Waals surface area contributed by atoms with Crippen molar-refractivity contribution in [3.63, 3.8) is 0 Å². The number of benzene rings is 1. The van der Waals surface area contributed by atoms with E-state index in [4.69, 9.17) is 9.47 Å². The minimum absolute atomic E-state index is 0.0653. The summed E-state index contributed by atoms with van der Waals surface area (Å²) in [5.74, 6) is 1.34. The van der Waals surface area contributed by atoms with Crippen molar-refractivity contribution >= 4 is 29.5 Å². The van der Waals surface area contributed by atoms with Crippen LogP contribution in [-0.2, 0) is 10.2 Å². The Balaban J connectivity index is 2.60. The van der Waals surface area contributed by atoms with E-state index in [9.17, 15) is 15.3 Å². The highest BCUT2D eigenvalue weighted by Gasteiger charge is 2.35. The number of unbranched alkanes of at least 4 members (excludes halogenated alkanes) is 2. The van der Waals surface area contributed by atoms with E-state index >= 15 is 0 Å². The summed E-state index contributed by atoms with van der Waals surface area (Å²) in [6, 6.07) is 5.97. The van der Waals surface area contributed by atoms with Gasteiger partial charge in [0.2, 0.25) is 0 Å². The SMILES string of the molecule is CCCCC(CC)COc1c(C(C)(C)C)cc(OC(=O)C(CC)CCCC)c2c1SC(=C(C#N)C#N)S2. The lowest BCUT2D eigenvalue weighted by Gasteiger charge is -2.27. The van der Waals surface area contributed by atoms with Gasteiger partial charge in [0, 0.05) is 5.56 Å². The molecule has 0 bridgehead atoms. The Hall–Kier alpha value is -2.09. The van der Waals surface area contributed by atoms with Crippen LogP contribution in [0.3, 0.4) is 0 Å². The molecular formula is C30H42N2O3S2. The summed E-state index contributed by atoms with van der Waals surface area (Å²) in [4.78, 5) is 14.8. The van der Waals surface area contributed by atoms with Gasteiger partial charge in [-0.3, -0.25) is 4.79 Å². The van der Waals surface area contributed by atoms with E-state index in [1.807, 2.05) is 25.1 Å². The van der Waals surface area contributed by atoms with Gasteiger partial charge in [-0.05, 0) is 36.7 Å². The number of carbonyl (C=O) groups excluding carboxylic acids is 1. The standard InChI is InChI=1S/C30H42N2O3S2/c1-8-12-14-20(10-3)19-34-25-23(30(5,6)7)16-24(35-28(33)21(11-4)15-13-9-2)26-27(25)37-29(36-26)22(17-31)18-32/h16,20-21H,8-15,19H2,1-7H3. The number of nitrogens with zero attached hydrogens (tertiary/aromatic N) is 2. The van der Waals surface area contributed by atoms with E-state index in [1.54, 1.807) is 0 Å². The zero-order valence-electron chi connectivity index (χ0n) is 23.5. The highest BCUT2D eigenvalue weighted by atomic mass is 32.2. The number of thioether (sulfide) groups is 2. The van der Waals surface area contributed by atoms with E-state index in [-0.39, 0.29) is 22.9 Å². The molecule has 1 heterocycles. The van der Waals surface area contributed by atoms with Crippen molar-refractivity contribution in [3.8, 4) is 23.6 Å². The summed E-state index contributed by atoms with van der Waals surface area (Å²) >= 11 is 2.71. The van der Waals surface area contributed by atoms with Crippen molar-refractivity contribution in [3.05, 3.63) is 21.4 Å². The van der Waals surface area contributed by atoms with Crippen molar-refractivity contribution in [2.45, 2.75) is 115 Å². The lowest BCUT2D eigenvalue weighted by molar-refractivity contribution is -0.139. The first kappa shape index (κ1) is 31.1. The fourth-order valence-corrected chi connectivity index (χ4v) is 6.74. The molecule has 1 aromatic carbocycles. The fourth-order valence-electron chi connectivity index (χ4n) is 4.22. The lowest BCUT2D eigenvalue weighted by Crippen LogP contribution is -2.22. The maximum Gasteiger partial charge on any atom is 0.314 e. The molecule has 2 unspecified atom stereocenters. The van der Waals surface area contributed by atoms with Crippen molar-refractivity contribution in [2.24, 2.45) is 11.8 Å². The molecule has 0 fully saturated rings. The van der Waals surface area contributed by atoms with Gasteiger partial charge in [-0.1, -0.05) is 104 Å². The van der Waals surface area contributed by atoms with Crippen molar-refractivity contribution in [1.29, 1.82) is 10.5 Å². The lowest BCUT2D eigenvalue weighted by atomic mass is 9.86. The van der Waals surface area contributed by atoms with Crippen LogP contribution < -0.4 is 9.47 Å². The molecule has 1 aliphatic heterocycles. The quantitative estimate of drug-likeness (QED) is 0.140. The highest BCUT2D eigenvalue weighted by molar-refractivity contribution is 8.24. The molecule has 202 valence electrons. The number of nitriles is 2. The summed E-state index contributed by atoms with van der Waals surface area (Å²) in [5, 5.41) is 19.1. The number of fused-ring (bicyclic) bond motifs is 1. The summed E-state index contributed by atoms with van der Waals surface area (Å²) < 4.78 is 13.2. The van der Waals surface area contributed by atoms with Crippen LogP contribution in [0.4, 0.5) is 0 Å². The van der Waals surface area contributed by atoms with Gasteiger partial charge < -0.3 is 9.47 Å². The van der Waals surface area contributed by atoms with Gasteiger partial charge in [0.25, 0.3) is 0 Å². The molecule has 5 nitrogen and oxygen atoms in total. The van der Waals surface area contributed by atoms with E-state index in [0.717, 1.165) is 66.0 Å². The Bertz CT molecular complexity index is 1040. The molecule has 0 aromatic heterocycles. The number of esters is 1. The molecule has 0 saturated carbocycles. The van der Waals surface area contributed by atoms with Gasteiger partial charge in [-0.2, -0.15) is 10.5 Å². The zero-order valence-corrected chi connectivity index (χ0v) is 25.2. The average Bonchev–Trinajstić information content (AvgIpc) is 3.31. The molecule has 1 aromatic rings. The molecule has 0 saturated heterocycles. The maximum atomic E-state index is 13.2. The number of carbonyl (C=O) groups is 1. The zero-order chi connectivity index (χ0) is 27.6. The first-order valence-electron chi connectivity index (χ1n) is 13.6. The summed E-state index contributed by atoms with van der Waals surface area (Å²) in [5.41, 5.74) is 0.759. The molecule has 0 amide bonds. The van der Waals surface area contributed by atoms with Crippen molar-refractivity contribution < 1.29 is 14.3 Å². The van der Waals surface area contributed by atoms with E-state index in [2.05, 4.69) is 41.5 Å². The second-order valence-electron chi connectivity index (χ2n) is 10.6. The summed E-state index contributed by atoms with van der Waals surface area (Å²) in [6.07, 6.45) is 8.02. The van der Waals surface area contributed by atoms with Gasteiger partial charge in [-0.25, -0.2) is 0 Å². The van der Waals surface area contributed by atoms with Gasteiger partial charge in [0.15, 0.2) is 0 Å². The van der Waals surface area contributed by atoms with Gasteiger partial charge >= 0.3 is 5.97 Å². The van der Waals surface area contributed by atoms with Crippen LogP contribution in [0.2, 0.25) is 0 Å². The van der Waals surface area contributed by atoms with Crippen LogP contribution in [0.25, 0.3) is 0 Å². The Labute approximate surface area is 232 Å². The van der Waals surface area contributed by atoms with Gasteiger partial charge in [0.1, 0.15) is 29.2 Å². The molecule has 7 heteroatoms. The molecule has 0 radical (unpaired) electrons. The van der Waals surface area contributed by atoms with Crippen LogP contribution in [0.15, 0.2) is 25.7 Å². The second-order valence-corrected chi connectivity index (χ2v) is 12.9. The number of hydrogen-bond acceptors (Lipinski definition) is 7. The van der Waals surface area contributed by atoms with Gasteiger partial charge in [0.05, 0.1) is 26.6 Å². The largest absolute Gasteiger partial charge is 0.492 e. The van der Waals surface area contributed by atoms with Crippen molar-refractivity contribution in [2.75, 3.05) is 6.61 Å². The van der Waals surface area contributed by atoms with E-state index in [1.165, 1.54) is 29.9 Å². The third-order valence-corrected chi connectivity index (χ3v) is 9.34. The molecule has 1 aliphatic rings. The minimum atomic E-state index is -0.270. The number of rotatable bonds is 13. The molecule has 2 atom stereocenters. The van der Waals surface area contributed by atoms with Crippen LogP contribution in [0.5, 0.6) is 11.5 Å².